The van der Waals surface area contributed by atoms with Crippen LogP contribution in [0.25, 0.3) is 0 Å². The van der Waals surface area contributed by atoms with Crippen molar-refractivity contribution < 1.29 is 0 Å². The molecule has 88 valence electrons. The first-order valence-electron chi connectivity index (χ1n) is 4.09. The van der Waals surface area contributed by atoms with Crippen LogP contribution in [0.3, 0.4) is 0 Å². The molecule has 0 unspecified atom stereocenters. The summed E-state index contributed by atoms with van der Waals surface area (Å²) in [5.74, 6) is -0.0977. The van der Waals surface area contributed by atoms with Crippen LogP contribution >= 0.6 is 35.6 Å². The van der Waals surface area contributed by atoms with Crippen molar-refractivity contribution in [1.82, 2.24) is 0 Å². The van der Waals surface area contributed by atoms with E-state index in [1.54, 1.807) is 25.1 Å². The van der Waals surface area contributed by atoms with Gasteiger partial charge in [0, 0.05) is 10.6 Å². The van der Waals surface area contributed by atoms with Gasteiger partial charge in [0.15, 0.2) is 0 Å². The maximum atomic E-state index is 5.96. The Morgan fingerprint density at radius 2 is 1.81 bits per heavy atom. The Hall–Kier alpha value is -0.970. The number of benzene rings is 1. The molecular weight excluding hydrogens is 270 g/mol. The number of nitrogens with two attached hydrogens (primary N) is 2. The van der Waals surface area contributed by atoms with Crippen molar-refractivity contribution >= 4 is 47.3 Å². The van der Waals surface area contributed by atoms with E-state index in [4.69, 9.17) is 34.7 Å². The fourth-order valence-corrected chi connectivity index (χ4v) is 1.51. The molecule has 0 aliphatic heterocycles. The van der Waals surface area contributed by atoms with E-state index >= 15 is 0 Å². The van der Waals surface area contributed by atoms with E-state index in [0.717, 1.165) is 5.56 Å². The Balaban J connectivity index is 0.00000225. The molecule has 0 heterocycles. The third kappa shape index (κ3) is 4.26. The zero-order chi connectivity index (χ0) is 11.4. The van der Waals surface area contributed by atoms with Crippen LogP contribution in [0.2, 0.25) is 10.0 Å². The number of guanidine groups is 1. The van der Waals surface area contributed by atoms with Crippen LogP contribution in [0.5, 0.6) is 0 Å². The normalized spacial score (nSPS) is 10.6. The Morgan fingerprint density at radius 3 is 2.31 bits per heavy atom. The summed E-state index contributed by atoms with van der Waals surface area (Å²) < 4.78 is 0. The Bertz CT molecular complexity index is 425. The van der Waals surface area contributed by atoms with Crippen molar-refractivity contribution in [2.45, 2.75) is 6.92 Å². The largest absolute Gasteiger partial charge is 0.369 e. The molecule has 4 N–H and O–H groups in total. The lowest BCUT2D eigenvalue weighted by atomic mass is 10.1. The van der Waals surface area contributed by atoms with Crippen LogP contribution in [-0.4, -0.2) is 11.7 Å². The molecule has 1 rings (SSSR count). The van der Waals surface area contributed by atoms with Gasteiger partial charge in [-0.1, -0.05) is 29.3 Å². The highest BCUT2D eigenvalue weighted by atomic mass is 35.5. The van der Waals surface area contributed by atoms with Gasteiger partial charge >= 0.3 is 0 Å². The summed E-state index contributed by atoms with van der Waals surface area (Å²) in [6.07, 6.45) is 0. The van der Waals surface area contributed by atoms with Crippen molar-refractivity contribution in [1.29, 1.82) is 0 Å². The van der Waals surface area contributed by atoms with Gasteiger partial charge in [-0.25, -0.2) is 0 Å². The Kier molecular flexibility index (Phi) is 6.18. The van der Waals surface area contributed by atoms with Crippen LogP contribution in [0.1, 0.15) is 12.5 Å². The van der Waals surface area contributed by atoms with E-state index in [0.29, 0.717) is 15.8 Å². The molecule has 0 saturated heterocycles. The van der Waals surface area contributed by atoms with Crippen molar-refractivity contribution in [3.63, 3.8) is 0 Å². The molecule has 0 atom stereocenters. The highest BCUT2D eigenvalue weighted by Gasteiger charge is 2.04. The van der Waals surface area contributed by atoms with Crippen LogP contribution in [0.4, 0.5) is 0 Å². The average molecular weight is 282 g/mol. The monoisotopic (exact) mass is 280 g/mol. The quantitative estimate of drug-likeness (QED) is 0.496. The van der Waals surface area contributed by atoms with Crippen molar-refractivity contribution in [2.75, 3.05) is 0 Å². The second-order valence-electron chi connectivity index (χ2n) is 2.83. The molecule has 7 heteroatoms. The van der Waals surface area contributed by atoms with Crippen molar-refractivity contribution in [3.8, 4) is 0 Å². The molecule has 4 nitrogen and oxygen atoms in total. The van der Waals surface area contributed by atoms with Gasteiger partial charge in [-0.15, -0.1) is 17.5 Å². The Labute approximate surface area is 110 Å². The number of rotatable bonds is 2. The molecule has 0 radical (unpaired) electrons. The molecule has 0 fully saturated rings. The number of hydrogen-bond acceptors (Lipinski definition) is 2. The molecule has 0 spiro atoms. The van der Waals surface area contributed by atoms with Gasteiger partial charge in [0.2, 0.25) is 5.96 Å². The summed E-state index contributed by atoms with van der Waals surface area (Å²) in [5.41, 5.74) is 11.7. The van der Waals surface area contributed by atoms with Crippen molar-refractivity contribution in [2.24, 2.45) is 21.7 Å². The molecule has 0 aromatic heterocycles. The fourth-order valence-electron chi connectivity index (χ4n) is 0.969. The zero-order valence-corrected chi connectivity index (χ0v) is 10.8. The number of hydrogen-bond donors (Lipinski definition) is 2. The van der Waals surface area contributed by atoms with Gasteiger partial charge in [-0.2, -0.15) is 5.10 Å². The standard InChI is InChI=1S/C9H10Cl2N4.ClH/c1-5(14-15-9(12)13)7-3-2-6(10)4-8(7)11;/h2-4H,1H3,(H4,12,13,15);1H. The first kappa shape index (κ1) is 15.0. The molecule has 0 bridgehead atoms. The van der Waals surface area contributed by atoms with Crippen LogP contribution in [0, 0.1) is 0 Å². The summed E-state index contributed by atoms with van der Waals surface area (Å²) in [7, 11) is 0. The smallest absolute Gasteiger partial charge is 0.211 e. The van der Waals surface area contributed by atoms with E-state index < -0.39 is 0 Å². The summed E-state index contributed by atoms with van der Waals surface area (Å²) >= 11 is 11.7. The van der Waals surface area contributed by atoms with Gasteiger partial charge in [0.05, 0.1) is 10.7 Å². The van der Waals surface area contributed by atoms with Crippen LogP contribution < -0.4 is 11.5 Å². The second-order valence-corrected chi connectivity index (χ2v) is 3.68. The van der Waals surface area contributed by atoms with Gasteiger partial charge in [-0.05, 0) is 19.1 Å². The first-order valence-corrected chi connectivity index (χ1v) is 4.85. The van der Waals surface area contributed by atoms with Crippen LogP contribution in [-0.2, 0) is 0 Å². The van der Waals surface area contributed by atoms with E-state index in [1.165, 1.54) is 0 Å². The summed E-state index contributed by atoms with van der Waals surface area (Å²) in [4.78, 5) is 0. The fraction of sp³-hybridized carbons (Fsp3) is 0.111. The Morgan fingerprint density at radius 1 is 1.19 bits per heavy atom. The van der Waals surface area contributed by atoms with Crippen molar-refractivity contribution in [3.05, 3.63) is 33.8 Å². The summed E-state index contributed by atoms with van der Waals surface area (Å²) in [6, 6.07) is 5.11. The van der Waals surface area contributed by atoms with Crippen LogP contribution in [0.15, 0.2) is 28.4 Å². The third-order valence-electron chi connectivity index (χ3n) is 1.64. The van der Waals surface area contributed by atoms with Gasteiger partial charge in [0.1, 0.15) is 0 Å². The minimum Gasteiger partial charge on any atom is -0.369 e. The lowest BCUT2D eigenvalue weighted by molar-refractivity contribution is 1.20. The zero-order valence-electron chi connectivity index (χ0n) is 8.45. The van der Waals surface area contributed by atoms with E-state index in [1.807, 2.05) is 0 Å². The lowest BCUT2D eigenvalue weighted by Crippen LogP contribution is -2.22. The van der Waals surface area contributed by atoms with Gasteiger partial charge < -0.3 is 11.5 Å². The molecule has 16 heavy (non-hydrogen) atoms. The molecule has 0 saturated carbocycles. The molecular formula is C9H11Cl3N4. The van der Waals surface area contributed by atoms with Gasteiger partial charge in [-0.3, -0.25) is 0 Å². The molecule has 0 amide bonds. The van der Waals surface area contributed by atoms with E-state index in [9.17, 15) is 0 Å². The lowest BCUT2D eigenvalue weighted by Gasteiger charge is -2.02. The van der Waals surface area contributed by atoms with Gasteiger partial charge in [0.25, 0.3) is 0 Å². The third-order valence-corrected chi connectivity index (χ3v) is 2.18. The van der Waals surface area contributed by atoms with E-state index in [2.05, 4.69) is 10.2 Å². The molecule has 1 aromatic carbocycles. The second kappa shape index (κ2) is 6.58. The number of halogens is 3. The van der Waals surface area contributed by atoms with E-state index in [-0.39, 0.29) is 18.4 Å². The maximum absolute atomic E-state index is 5.96. The number of nitrogens with zero attached hydrogens (tertiary/aromatic N) is 2. The first-order chi connectivity index (χ1) is 7.00. The summed E-state index contributed by atoms with van der Waals surface area (Å²) in [5, 5.41) is 8.42. The molecule has 0 aliphatic rings. The SMILES string of the molecule is CC(=NN=C(N)N)c1ccc(Cl)cc1Cl.Cl. The average Bonchev–Trinajstić information content (AvgIpc) is 2.14. The highest BCUT2D eigenvalue weighted by Crippen LogP contribution is 2.21. The topological polar surface area (TPSA) is 76.8 Å². The molecule has 0 aliphatic carbocycles. The predicted molar refractivity (Wildman–Crippen MR) is 71.7 cm³/mol. The molecule has 1 aromatic rings. The highest BCUT2D eigenvalue weighted by molar-refractivity contribution is 6.37. The minimum atomic E-state index is -0.0977. The minimum absolute atomic E-state index is 0. The predicted octanol–water partition coefficient (Wildman–Crippen LogP) is 2.41. The summed E-state index contributed by atoms with van der Waals surface area (Å²) in [6.45, 7) is 1.75. The maximum Gasteiger partial charge on any atom is 0.211 e.